The molecule has 0 heterocycles. The smallest absolute Gasteiger partial charge is 0.308 e. The first-order chi connectivity index (χ1) is 4.70. The van der Waals surface area contributed by atoms with Crippen LogP contribution in [0.3, 0.4) is 0 Å². The molecule has 3 nitrogen and oxygen atoms in total. The van der Waals surface area contributed by atoms with Crippen LogP contribution in [0.1, 0.15) is 12.8 Å². The number of methoxy groups -OCH3 is 1. The van der Waals surface area contributed by atoms with Crippen LogP contribution >= 0.6 is 0 Å². The van der Waals surface area contributed by atoms with E-state index in [9.17, 15) is 9.18 Å². The number of carbonyl (C=O) groups is 1. The Morgan fingerprint density at radius 2 is 2.40 bits per heavy atom. The van der Waals surface area contributed by atoms with Gasteiger partial charge in [0.15, 0.2) is 0 Å². The van der Waals surface area contributed by atoms with Crippen molar-refractivity contribution in [3.8, 4) is 0 Å². The van der Waals surface area contributed by atoms with E-state index in [2.05, 4.69) is 4.74 Å². The number of rotatable bonds is 4. The van der Waals surface area contributed by atoms with Gasteiger partial charge in [-0.3, -0.25) is 9.18 Å². The molecule has 0 aliphatic rings. The van der Waals surface area contributed by atoms with Crippen molar-refractivity contribution in [1.82, 2.24) is 0 Å². The molecule has 0 fully saturated rings. The van der Waals surface area contributed by atoms with E-state index in [-0.39, 0.29) is 12.8 Å². The number of ether oxygens (including phenoxy) is 1. The molecule has 60 valence electrons. The maximum atomic E-state index is 11.5. The summed E-state index contributed by atoms with van der Waals surface area (Å²) in [6.45, 7) is -0.613. The van der Waals surface area contributed by atoms with Crippen LogP contribution in [0.2, 0.25) is 0 Å². The molecule has 0 radical (unpaired) electrons. The van der Waals surface area contributed by atoms with Crippen LogP contribution in [0.4, 0.5) is 4.39 Å². The molecule has 0 saturated carbocycles. The van der Waals surface area contributed by atoms with Gasteiger partial charge in [-0.25, -0.2) is 0 Å². The topological polar surface area (TPSA) is 46.5 Å². The first kappa shape index (κ1) is 9.36. The molecule has 0 saturated heterocycles. The van der Waals surface area contributed by atoms with E-state index in [1.165, 1.54) is 7.11 Å². The maximum Gasteiger partial charge on any atom is 0.308 e. The molecule has 0 aromatic carbocycles. The van der Waals surface area contributed by atoms with Gasteiger partial charge in [-0.1, -0.05) is 0 Å². The Bertz CT molecular complexity index is 105. The first-order valence-electron chi connectivity index (χ1n) is 3.01. The van der Waals surface area contributed by atoms with Gasteiger partial charge in [0.05, 0.1) is 26.3 Å². The third-order valence-electron chi connectivity index (χ3n) is 1.07. The molecule has 4 heteroatoms. The summed E-state index contributed by atoms with van der Waals surface area (Å²) in [5, 5.41) is 8.81. The highest BCUT2D eigenvalue weighted by Gasteiger charge is 2.09. The lowest BCUT2D eigenvalue weighted by Crippen LogP contribution is -2.14. The molecular weight excluding hydrogens is 139 g/mol. The van der Waals surface area contributed by atoms with Crippen molar-refractivity contribution in [2.24, 2.45) is 0 Å². The van der Waals surface area contributed by atoms with E-state index in [0.29, 0.717) is 0 Å². The van der Waals surface area contributed by atoms with Crippen molar-refractivity contribution in [2.45, 2.75) is 18.9 Å². The minimum Gasteiger partial charge on any atom is -0.469 e. The van der Waals surface area contributed by atoms with Crippen LogP contribution in [0.15, 0.2) is 0 Å². The van der Waals surface area contributed by atoms with Crippen LogP contribution < -0.4 is 0 Å². The molecule has 0 aromatic heterocycles. The van der Waals surface area contributed by atoms with E-state index >= 15 is 0 Å². The average molecular weight is 150 g/mol. The fourth-order valence-corrected chi connectivity index (χ4v) is 0.504. The van der Waals surface area contributed by atoms with Gasteiger partial charge in [0, 0.05) is 6.42 Å². The predicted molar refractivity (Wildman–Crippen MR) is 33.2 cm³/mol. The van der Waals surface area contributed by atoms with Crippen molar-refractivity contribution in [3.63, 3.8) is 0 Å². The second-order valence-corrected chi connectivity index (χ2v) is 1.91. The fourth-order valence-electron chi connectivity index (χ4n) is 0.504. The quantitative estimate of drug-likeness (QED) is 0.585. The molecule has 1 N–H and O–H groups in total. The Balaban J connectivity index is 3.37. The van der Waals surface area contributed by atoms with Crippen molar-refractivity contribution in [1.29, 1.82) is 0 Å². The SMILES string of the molecule is COC(=O)C[C@H](O)CCF. The van der Waals surface area contributed by atoms with E-state index in [4.69, 9.17) is 5.11 Å². The Hall–Kier alpha value is -0.640. The van der Waals surface area contributed by atoms with Crippen LogP contribution in [0.5, 0.6) is 0 Å². The van der Waals surface area contributed by atoms with Gasteiger partial charge < -0.3 is 9.84 Å². The normalized spacial score (nSPS) is 12.7. The van der Waals surface area contributed by atoms with Crippen molar-refractivity contribution in [2.75, 3.05) is 13.8 Å². The number of esters is 1. The number of alkyl halides is 1. The van der Waals surface area contributed by atoms with E-state index in [0.717, 1.165) is 0 Å². The van der Waals surface area contributed by atoms with Gasteiger partial charge in [-0.05, 0) is 0 Å². The van der Waals surface area contributed by atoms with Gasteiger partial charge in [0.1, 0.15) is 0 Å². The van der Waals surface area contributed by atoms with E-state index < -0.39 is 18.7 Å². The highest BCUT2D eigenvalue weighted by atomic mass is 19.1. The lowest BCUT2D eigenvalue weighted by molar-refractivity contribution is -0.142. The Kier molecular flexibility index (Phi) is 4.84. The van der Waals surface area contributed by atoms with Crippen molar-refractivity contribution >= 4 is 5.97 Å². The second kappa shape index (κ2) is 5.17. The molecule has 0 spiro atoms. The number of hydrogen-bond donors (Lipinski definition) is 1. The molecular formula is C6H11FO3. The van der Waals surface area contributed by atoms with Crippen LogP contribution in [0, 0.1) is 0 Å². The number of aliphatic hydroxyl groups is 1. The molecule has 1 atom stereocenters. The van der Waals surface area contributed by atoms with Gasteiger partial charge in [-0.15, -0.1) is 0 Å². The summed E-state index contributed by atoms with van der Waals surface area (Å²) in [6.07, 6.45) is -1.03. The number of aliphatic hydroxyl groups excluding tert-OH is 1. The third-order valence-corrected chi connectivity index (χ3v) is 1.07. The summed E-state index contributed by atoms with van der Waals surface area (Å²) in [4.78, 5) is 10.4. The van der Waals surface area contributed by atoms with Crippen LogP contribution in [0.25, 0.3) is 0 Å². The lowest BCUT2D eigenvalue weighted by Gasteiger charge is -2.04. The minimum absolute atomic E-state index is 0.00486. The molecule has 0 aliphatic heterocycles. The van der Waals surface area contributed by atoms with Crippen molar-refractivity contribution < 1.29 is 19.0 Å². The van der Waals surface area contributed by atoms with Gasteiger partial charge >= 0.3 is 5.97 Å². The van der Waals surface area contributed by atoms with Gasteiger partial charge in [-0.2, -0.15) is 0 Å². The number of hydrogen-bond acceptors (Lipinski definition) is 3. The molecule has 0 bridgehead atoms. The molecule has 0 rings (SSSR count). The predicted octanol–water partition coefficient (Wildman–Crippen LogP) is 0.270. The minimum atomic E-state index is -0.905. The number of halogens is 1. The summed E-state index contributed by atoms with van der Waals surface area (Å²) < 4.78 is 15.7. The highest BCUT2D eigenvalue weighted by Crippen LogP contribution is 1.98. The van der Waals surface area contributed by atoms with Crippen LogP contribution in [-0.4, -0.2) is 31.0 Å². The zero-order valence-electron chi connectivity index (χ0n) is 5.84. The fraction of sp³-hybridized carbons (Fsp3) is 0.833. The maximum absolute atomic E-state index is 11.5. The van der Waals surface area contributed by atoms with E-state index in [1.807, 2.05) is 0 Å². The third kappa shape index (κ3) is 4.26. The van der Waals surface area contributed by atoms with Gasteiger partial charge in [0.2, 0.25) is 0 Å². The standard InChI is InChI=1S/C6H11FO3/c1-10-6(9)4-5(8)2-3-7/h5,8H,2-4H2,1H3/t5-/m1/s1. The summed E-state index contributed by atoms with van der Waals surface area (Å²) in [5.41, 5.74) is 0. The Labute approximate surface area is 58.8 Å². The molecule has 0 aromatic rings. The Morgan fingerprint density at radius 3 is 2.80 bits per heavy atom. The summed E-state index contributed by atoms with van der Waals surface area (Å²) in [7, 11) is 1.23. The molecule has 10 heavy (non-hydrogen) atoms. The largest absolute Gasteiger partial charge is 0.469 e. The summed E-state index contributed by atoms with van der Waals surface area (Å²) in [6, 6.07) is 0. The van der Waals surface area contributed by atoms with Gasteiger partial charge in [0.25, 0.3) is 0 Å². The van der Waals surface area contributed by atoms with Crippen LogP contribution in [-0.2, 0) is 9.53 Å². The summed E-state index contributed by atoms with van der Waals surface area (Å²) >= 11 is 0. The monoisotopic (exact) mass is 150 g/mol. The first-order valence-corrected chi connectivity index (χ1v) is 3.01. The summed E-state index contributed by atoms with van der Waals surface area (Å²) in [5.74, 6) is -0.513. The zero-order chi connectivity index (χ0) is 7.98. The molecule has 0 unspecified atom stereocenters. The highest BCUT2D eigenvalue weighted by molar-refractivity contribution is 5.69. The second-order valence-electron chi connectivity index (χ2n) is 1.91. The lowest BCUT2D eigenvalue weighted by atomic mass is 10.2. The average Bonchev–Trinajstić information content (AvgIpc) is 1.88. The Morgan fingerprint density at radius 1 is 1.80 bits per heavy atom. The molecule has 0 amide bonds. The van der Waals surface area contributed by atoms with E-state index in [1.54, 1.807) is 0 Å². The zero-order valence-corrected chi connectivity index (χ0v) is 5.84. The van der Waals surface area contributed by atoms with Crippen molar-refractivity contribution in [3.05, 3.63) is 0 Å². The number of carbonyl (C=O) groups excluding carboxylic acids is 1. The molecule has 0 aliphatic carbocycles.